The largest absolute Gasteiger partial charge is 0.489 e. The zero-order valence-electron chi connectivity index (χ0n) is 11.1. The average Bonchev–Trinajstić information content (AvgIpc) is 2.70. The van der Waals surface area contributed by atoms with Crippen molar-refractivity contribution in [3.8, 4) is 5.75 Å². The van der Waals surface area contributed by atoms with Gasteiger partial charge in [-0.1, -0.05) is 0 Å². The molecule has 1 saturated heterocycles. The summed E-state index contributed by atoms with van der Waals surface area (Å²) >= 11 is 0. The quantitative estimate of drug-likeness (QED) is 0.782. The third-order valence-corrected chi connectivity index (χ3v) is 3.87. The van der Waals surface area contributed by atoms with E-state index in [4.69, 9.17) is 9.47 Å². The van der Waals surface area contributed by atoms with Crippen molar-refractivity contribution in [2.45, 2.75) is 38.4 Å². The van der Waals surface area contributed by atoms with Crippen molar-refractivity contribution in [2.75, 3.05) is 6.61 Å². The first-order chi connectivity index (χ1) is 8.94. The van der Waals surface area contributed by atoms with Crippen LogP contribution in [0.25, 0.3) is 0 Å². The third kappa shape index (κ3) is 2.37. The summed E-state index contributed by atoms with van der Waals surface area (Å²) in [5.41, 5.74) is 0.203. The maximum absolute atomic E-state index is 13.1. The predicted molar refractivity (Wildman–Crippen MR) is 67.9 cm³/mol. The van der Waals surface area contributed by atoms with E-state index in [1.807, 2.05) is 13.8 Å². The summed E-state index contributed by atoms with van der Waals surface area (Å²) in [6, 6.07) is 4.11. The van der Waals surface area contributed by atoms with E-state index in [1.165, 1.54) is 18.2 Å². The number of carbonyl (C=O) groups excluding carboxylic acids is 1. The molecule has 0 bridgehead atoms. The smallest absolute Gasteiger partial charge is 0.170 e. The van der Waals surface area contributed by atoms with Gasteiger partial charge in [0.15, 0.2) is 5.78 Å². The van der Waals surface area contributed by atoms with E-state index in [9.17, 15) is 9.18 Å². The Morgan fingerprint density at radius 3 is 2.84 bits per heavy atom. The van der Waals surface area contributed by atoms with Crippen molar-refractivity contribution >= 4 is 5.78 Å². The topological polar surface area (TPSA) is 35.5 Å². The fraction of sp³-hybridized carbons (Fsp3) is 0.533. The van der Waals surface area contributed by atoms with Gasteiger partial charge in [0.1, 0.15) is 17.7 Å². The predicted octanol–water partition coefficient (Wildman–Crippen LogP) is 2.97. The van der Waals surface area contributed by atoms with Crippen molar-refractivity contribution in [3.63, 3.8) is 0 Å². The molecule has 3 nitrogen and oxygen atoms in total. The highest BCUT2D eigenvalue weighted by Crippen LogP contribution is 2.37. The molecule has 0 aliphatic carbocycles. The summed E-state index contributed by atoms with van der Waals surface area (Å²) in [5.74, 6) is 0.263. The first-order valence-electron chi connectivity index (χ1n) is 6.58. The molecule has 3 rings (SSSR count). The average molecular weight is 264 g/mol. The molecule has 0 spiro atoms. The van der Waals surface area contributed by atoms with Gasteiger partial charge < -0.3 is 9.47 Å². The molecule has 1 aromatic rings. The van der Waals surface area contributed by atoms with E-state index in [-0.39, 0.29) is 23.4 Å². The van der Waals surface area contributed by atoms with E-state index in [2.05, 4.69) is 0 Å². The Labute approximate surface area is 111 Å². The SMILES string of the molecule is CC1(C)C[C@H]([C@H]2CC(=O)c3cc(F)ccc3O2)CO1. The third-order valence-electron chi connectivity index (χ3n) is 3.87. The van der Waals surface area contributed by atoms with Crippen LogP contribution >= 0.6 is 0 Å². The number of Topliss-reactive ketones (excluding diaryl/α,β-unsaturated/α-hetero) is 1. The highest BCUT2D eigenvalue weighted by molar-refractivity contribution is 5.99. The Bertz CT molecular complexity index is 524. The van der Waals surface area contributed by atoms with E-state index in [0.29, 0.717) is 24.3 Å². The number of benzene rings is 1. The van der Waals surface area contributed by atoms with Crippen LogP contribution in [0.15, 0.2) is 18.2 Å². The zero-order chi connectivity index (χ0) is 13.6. The first-order valence-corrected chi connectivity index (χ1v) is 6.58. The van der Waals surface area contributed by atoms with Gasteiger partial charge in [0.2, 0.25) is 0 Å². The molecule has 0 aromatic heterocycles. The first kappa shape index (κ1) is 12.6. The van der Waals surface area contributed by atoms with Gasteiger partial charge in [0.25, 0.3) is 0 Å². The standard InChI is InChI=1S/C15H17FO3/c1-15(2)7-9(8-18-15)14-6-12(17)11-5-10(16)3-4-13(11)19-14/h3-5,9,14H,6-8H2,1-2H3/t9-,14+/m0/s1. The zero-order valence-corrected chi connectivity index (χ0v) is 11.1. The van der Waals surface area contributed by atoms with Crippen LogP contribution in [0, 0.1) is 11.7 Å². The van der Waals surface area contributed by atoms with Gasteiger partial charge in [0.05, 0.1) is 17.8 Å². The molecule has 1 fully saturated rings. The van der Waals surface area contributed by atoms with Gasteiger partial charge in [-0.3, -0.25) is 4.79 Å². The normalized spacial score (nSPS) is 28.9. The Hall–Kier alpha value is -1.42. The van der Waals surface area contributed by atoms with Crippen LogP contribution < -0.4 is 4.74 Å². The Kier molecular flexibility index (Phi) is 2.86. The molecule has 0 saturated carbocycles. The highest BCUT2D eigenvalue weighted by Gasteiger charge is 2.40. The molecule has 2 aliphatic heterocycles. The van der Waals surface area contributed by atoms with Gasteiger partial charge in [-0.15, -0.1) is 0 Å². The van der Waals surface area contributed by atoms with Crippen molar-refractivity contribution in [2.24, 2.45) is 5.92 Å². The fourth-order valence-corrected chi connectivity index (χ4v) is 2.90. The molecular weight excluding hydrogens is 247 g/mol. The minimum absolute atomic E-state index is 0.0459. The van der Waals surface area contributed by atoms with Crippen LogP contribution in [0.1, 0.15) is 37.0 Å². The van der Waals surface area contributed by atoms with Crippen LogP contribution in [-0.2, 0) is 4.74 Å². The maximum atomic E-state index is 13.1. The Balaban J connectivity index is 1.82. The Morgan fingerprint density at radius 2 is 2.16 bits per heavy atom. The number of halogens is 1. The molecule has 2 atom stereocenters. The van der Waals surface area contributed by atoms with Crippen molar-refractivity contribution < 1.29 is 18.7 Å². The van der Waals surface area contributed by atoms with Crippen LogP contribution in [0.2, 0.25) is 0 Å². The van der Waals surface area contributed by atoms with E-state index in [0.717, 1.165) is 6.42 Å². The lowest BCUT2D eigenvalue weighted by atomic mass is 9.88. The maximum Gasteiger partial charge on any atom is 0.170 e. The molecule has 0 amide bonds. The molecule has 0 unspecified atom stereocenters. The molecule has 4 heteroatoms. The van der Waals surface area contributed by atoms with Gasteiger partial charge in [0, 0.05) is 12.3 Å². The summed E-state index contributed by atoms with van der Waals surface area (Å²) in [6.07, 6.45) is 1.02. The number of carbonyl (C=O) groups is 1. The fourth-order valence-electron chi connectivity index (χ4n) is 2.90. The lowest BCUT2D eigenvalue weighted by Crippen LogP contribution is -2.34. The number of ether oxygens (including phenoxy) is 2. The van der Waals surface area contributed by atoms with Crippen molar-refractivity contribution in [1.29, 1.82) is 0 Å². The second-order valence-electron chi connectivity index (χ2n) is 5.96. The summed E-state index contributed by atoms with van der Waals surface area (Å²) in [5, 5.41) is 0. The lowest BCUT2D eigenvalue weighted by Gasteiger charge is -2.29. The van der Waals surface area contributed by atoms with Gasteiger partial charge in [-0.25, -0.2) is 4.39 Å². The number of hydrogen-bond acceptors (Lipinski definition) is 3. The molecule has 1 aromatic carbocycles. The highest BCUT2D eigenvalue weighted by atomic mass is 19.1. The van der Waals surface area contributed by atoms with Gasteiger partial charge in [-0.05, 0) is 38.5 Å². The number of ketones is 1. The van der Waals surface area contributed by atoms with Crippen LogP contribution in [0.5, 0.6) is 5.75 Å². The van der Waals surface area contributed by atoms with Crippen molar-refractivity contribution in [3.05, 3.63) is 29.6 Å². The molecule has 2 heterocycles. The molecule has 0 radical (unpaired) electrons. The van der Waals surface area contributed by atoms with Crippen LogP contribution in [0.3, 0.4) is 0 Å². The minimum Gasteiger partial charge on any atom is -0.489 e. The molecule has 0 N–H and O–H groups in total. The second kappa shape index (κ2) is 4.30. The van der Waals surface area contributed by atoms with Gasteiger partial charge >= 0.3 is 0 Å². The van der Waals surface area contributed by atoms with E-state index in [1.54, 1.807) is 0 Å². The summed E-state index contributed by atoms with van der Waals surface area (Å²) in [4.78, 5) is 12.1. The summed E-state index contributed by atoms with van der Waals surface area (Å²) < 4.78 is 24.7. The van der Waals surface area contributed by atoms with E-state index < -0.39 is 5.82 Å². The minimum atomic E-state index is -0.403. The second-order valence-corrected chi connectivity index (χ2v) is 5.96. The van der Waals surface area contributed by atoms with E-state index >= 15 is 0 Å². The van der Waals surface area contributed by atoms with Crippen LogP contribution in [0.4, 0.5) is 4.39 Å². The van der Waals surface area contributed by atoms with Crippen LogP contribution in [-0.4, -0.2) is 24.1 Å². The lowest BCUT2D eigenvalue weighted by molar-refractivity contribution is 0.0301. The molecule has 102 valence electrons. The molecular formula is C15H17FO3. The number of hydrogen-bond donors (Lipinski definition) is 0. The van der Waals surface area contributed by atoms with Crippen molar-refractivity contribution in [1.82, 2.24) is 0 Å². The summed E-state index contributed by atoms with van der Waals surface area (Å²) in [7, 11) is 0. The number of fused-ring (bicyclic) bond motifs is 1. The molecule has 2 aliphatic rings. The summed E-state index contributed by atoms with van der Waals surface area (Å²) in [6.45, 7) is 4.70. The molecule has 19 heavy (non-hydrogen) atoms. The monoisotopic (exact) mass is 264 g/mol. The van der Waals surface area contributed by atoms with Gasteiger partial charge in [-0.2, -0.15) is 0 Å². The Morgan fingerprint density at radius 1 is 1.37 bits per heavy atom. The number of rotatable bonds is 1.